The minimum atomic E-state index is -1.45. The summed E-state index contributed by atoms with van der Waals surface area (Å²) in [5.74, 6) is -1.67. The van der Waals surface area contributed by atoms with E-state index >= 15 is 0 Å². The molecule has 1 amide bonds. The molecule has 0 bridgehead atoms. The van der Waals surface area contributed by atoms with Crippen LogP contribution in [0.1, 0.15) is 34.3 Å². The lowest BCUT2D eigenvalue weighted by molar-refractivity contribution is -0.148. The standard InChI is InChI=1S/C21H17NO4/c1-12(23)22-18-16(13-8-4-3-5-9-13)21(20(25)26-2)17(18)14-10-6-7-11-15(14)19(21)24/h3-11,17H,1-2H3,(H,22,23)/t17-,21-/m1/s1. The van der Waals surface area contributed by atoms with E-state index in [1.54, 1.807) is 12.1 Å². The van der Waals surface area contributed by atoms with Gasteiger partial charge in [0.15, 0.2) is 11.2 Å². The molecule has 2 aliphatic rings. The van der Waals surface area contributed by atoms with Crippen LogP contribution >= 0.6 is 0 Å². The zero-order valence-electron chi connectivity index (χ0n) is 14.4. The van der Waals surface area contributed by atoms with Crippen molar-refractivity contribution < 1.29 is 19.1 Å². The van der Waals surface area contributed by atoms with Gasteiger partial charge in [0.25, 0.3) is 0 Å². The molecular weight excluding hydrogens is 330 g/mol. The Bertz CT molecular complexity index is 977. The van der Waals surface area contributed by atoms with Crippen molar-refractivity contribution in [3.8, 4) is 0 Å². The van der Waals surface area contributed by atoms with Gasteiger partial charge in [0.1, 0.15) is 0 Å². The van der Waals surface area contributed by atoms with Gasteiger partial charge >= 0.3 is 5.97 Å². The third-order valence-electron chi connectivity index (χ3n) is 5.14. The van der Waals surface area contributed by atoms with Gasteiger partial charge in [0, 0.05) is 23.8 Å². The molecule has 2 aliphatic carbocycles. The number of amides is 1. The highest BCUT2D eigenvalue weighted by Crippen LogP contribution is 2.66. The topological polar surface area (TPSA) is 72.5 Å². The fraction of sp³-hybridized carbons (Fsp3) is 0.190. The third kappa shape index (κ3) is 1.88. The van der Waals surface area contributed by atoms with Crippen LogP contribution in [0.2, 0.25) is 0 Å². The Hall–Kier alpha value is -3.21. The highest BCUT2D eigenvalue weighted by molar-refractivity contribution is 6.29. The van der Waals surface area contributed by atoms with E-state index in [9.17, 15) is 14.4 Å². The summed E-state index contributed by atoms with van der Waals surface area (Å²) >= 11 is 0. The number of methoxy groups -OCH3 is 1. The largest absolute Gasteiger partial charge is 0.468 e. The molecule has 2 aromatic rings. The van der Waals surface area contributed by atoms with Crippen LogP contribution in [-0.2, 0) is 14.3 Å². The molecule has 0 aromatic heterocycles. The van der Waals surface area contributed by atoms with E-state index < -0.39 is 17.3 Å². The Morgan fingerprint density at radius 2 is 1.69 bits per heavy atom. The van der Waals surface area contributed by atoms with Gasteiger partial charge in [-0.05, 0) is 11.1 Å². The summed E-state index contributed by atoms with van der Waals surface area (Å²) in [6, 6.07) is 16.3. The SMILES string of the molecule is COC(=O)[C@@]12C(=O)c3ccccc3[C@@H]1C(NC(C)=O)=C2c1ccccc1. The second-order valence-electron chi connectivity index (χ2n) is 6.48. The van der Waals surface area contributed by atoms with Crippen LogP contribution in [0, 0.1) is 5.41 Å². The van der Waals surface area contributed by atoms with Crippen molar-refractivity contribution in [2.24, 2.45) is 5.41 Å². The Labute approximate surface area is 150 Å². The molecular formula is C21H17NO4. The van der Waals surface area contributed by atoms with E-state index in [-0.39, 0.29) is 11.7 Å². The van der Waals surface area contributed by atoms with Crippen LogP contribution in [0.4, 0.5) is 0 Å². The quantitative estimate of drug-likeness (QED) is 0.684. The van der Waals surface area contributed by atoms with Crippen LogP contribution < -0.4 is 5.32 Å². The zero-order valence-corrected chi connectivity index (χ0v) is 14.4. The summed E-state index contributed by atoms with van der Waals surface area (Å²) in [5.41, 5.74) is 1.62. The van der Waals surface area contributed by atoms with Gasteiger partial charge in [-0.25, -0.2) is 0 Å². The molecule has 5 heteroatoms. The van der Waals surface area contributed by atoms with Crippen LogP contribution in [0.15, 0.2) is 60.3 Å². The summed E-state index contributed by atoms with van der Waals surface area (Å²) in [6.45, 7) is 1.41. The first-order valence-corrected chi connectivity index (χ1v) is 8.33. The first-order chi connectivity index (χ1) is 12.5. The van der Waals surface area contributed by atoms with Crippen molar-refractivity contribution >= 4 is 23.2 Å². The van der Waals surface area contributed by atoms with Gasteiger partial charge in [-0.2, -0.15) is 0 Å². The summed E-state index contributed by atoms with van der Waals surface area (Å²) in [5, 5.41) is 2.85. The Balaban J connectivity index is 2.03. The Kier molecular flexibility index (Phi) is 3.54. The highest BCUT2D eigenvalue weighted by atomic mass is 16.5. The normalized spacial score (nSPS) is 23.0. The molecule has 4 rings (SSSR count). The second kappa shape index (κ2) is 5.66. The summed E-state index contributed by atoms with van der Waals surface area (Å²) < 4.78 is 5.06. The molecule has 0 spiro atoms. The maximum atomic E-state index is 13.3. The summed E-state index contributed by atoms with van der Waals surface area (Å²) in [6.07, 6.45) is 0. The maximum Gasteiger partial charge on any atom is 0.325 e. The van der Waals surface area contributed by atoms with Gasteiger partial charge in [0.05, 0.1) is 13.0 Å². The summed E-state index contributed by atoms with van der Waals surface area (Å²) in [7, 11) is 1.28. The van der Waals surface area contributed by atoms with Gasteiger partial charge in [-0.15, -0.1) is 0 Å². The van der Waals surface area contributed by atoms with E-state index in [1.807, 2.05) is 42.5 Å². The molecule has 5 nitrogen and oxygen atoms in total. The molecule has 1 N–H and O–H groups in total. The number of hydrogen-bond donors (Lipinski definition) is 1. The minimum absolute atomic E-state index is 0.247. The van der Waals surface area contributed by atoms with Crippen molar-refractivity contribution in [1.29, 1.82) is 0 Å². The lowest BCUT2D eigenvalue weighted by Crippen LogP contribution is -2.52. The summed E-state index contributed by atoms with van der Waals surface area (Å²) in [4.78, 5) is 38.1. The fourth-order valence-corrected chi connectivity index (χ4v) is 4.23. The molecule has 0 aliphatic heterocycles. The maximum absolute atomic E-state index is 13.3. The molecule has 0 fully saturated rings. The third-order valence-corrected chi connectivity index (χ3v) is 5.14. The monoisotopic (exact) mass is 347 g/mol. The average Bonchev–Trinajstić information content (AvgIpc) is 2.86. The number of rotatable bonds is 3. The molecule has 26 heavy (non-hydrogen) atoms. The first-order valence-electron chi connectivity index (χ1n) is 8.33. The van der Waals surface area contributed by atoms with Gasteiger partial charge in [-0.1, -0.05) is 54.6 Å². The molecule has 0 unspecified atom stereocenters. The molecule has 0 heterocycles. The Morgan fingerprint density at radius 1 is 1.04 bits per heavy atom. The average molecular weight is 347 g/mol. The number of carbonyl (C=O) groups is 3. The number of ketones is 1. The van der Waals surface area contributed by atoms with Crippen molar-refractivity contribution in [2.75, 3.05) is 7.11 Å². The predicted molar refractivity (Wildman–Crippen MR) is 95.1 cm³/mol. The van der Waals surface area contributed by atoms with Crippen LogP contribution in [0.3, 0.4) is 0 Å². The first kappa shape index (κ1) is 16.3. The smallest absolute Gasteiger partial charge is 0.325 e. The van der Waals surface area contributed by atoms with Crippen molar-refractivity contribution in [3.63, 3.8) is 0 Å². The van der Waals surface area contributed by atoms with E-state index in [4.69, 9.17) is 4.74 Å². The number of carbonyl (C=O) groups excluding carboxylic acids is 3. The van der Waals surface area contributed by atoms with Gasteiger partial charge in [-0.3, -0.25) is 14.4 Å². The predicted octanol–water partition coefficient (Wildman–Crippen LogP) is 2.69. The zero-order chi connectivity index (χ0) is 18.5. The lowest BCUT2D eigenvalue weighted by atomic mass is 9.56. The molecule has 2 atom stereocenters. The molecule has 0 saturated heterocycles. The number of allylic oxidation sites excluding steroid dienone is 1. The van der Waals surface area contributed by atoms with Crippen molar-refractivity contribution in [1.82, 2.24) is 5.32 Å². The number of ether oxygens (including phenoxy) is 1. The van der Waals surface area contributed by atoms with Crippen LogP contribution in [0.5, 0.6) is 0 Å². The lowest BCUT2D eigenvalue weighted by Gasteiger charge is -2.45. The van der Waals surface area contributed by atoms with E-state index in [1.165, 1.54) is 14.0 Å². The fourth-order valence-electron chi connectivity index (χ4n) is 4.23. The van der Waals surface area contributed by atoms with E-state index in [0.29, 0.717) is 16.8 Å². The van der Waals surface area contributed by atoms with Crippen molar-refractivity contribution in [3.05, 3.63) is 77.0 Å². The van der Waals surface area contributed by atoms with E-state index in [2.05, 4.69) is 5.32 Å². The number of esters is 1. The number of benzene rings is 2. The number of hydrogen-bond acceptors (Lipinski definition) is 4. The highest BCUT2D eigenvalue weighted by Gasteiger charge is 2.70. The number of Topliss-reactive ketones (excluding diaryl/α,β-unsaturated/α-hetero) is 1. The second-order valence-corrected chi connectivity index (χ2v) is 6.48. The minimum Gasteiger partial charge on any atom is -0.468 e. The molecule has 0 saturated carbocycles. The van der Waals surface area contributed by atoms with Crippen LogP contribution in [0.25, 0.3) is 5.57 Å². The van der Waals surface area contributed by atoms with Gasteiger partial charge < -0.3 is 10.1 Å². The van der Waals surface area contributed by atoms with Crippen LogP contribution in [-0.4, -0.2) is 24.8 Å². The number of fused-ring (bicyclic) bond motifs is 3. The molecule has 2 aromatic carbocycles. The number of nitrogens with one attached hydrogen (secondary N) is 1. The van der Waals surface area contributed by atoms with E-state index in [0.717, 1.165) is 11.1 Å². The van der Waals surface area contributed by atoms with Gasteiger partial charge in [0.2, 0.25) is 5.91 Å². The van der Waals surface area contributed by atoms with Crippen molar-refractivity contribution in [2.45, 2.75) is 12.8 Å². The Morgan fingerprint density at radius 3 is 2.35 bits per heavy atom. The molecule has 130 valence electrons. The molecule has 0 radical (unpaired) electrons.